The number of hydrogen-bond acceptors (Lipinski definition) is 4. The lowest BCUT2D eigenvalue weighted by Crippen LogP contribution is -2.28. The summed E-state index contributed by atoms with van der Waals surface area (Å²) in [7, 11) is -2.23. The molecule has 0 saturated carbocycles. The van der Waals surface area contributed by atoms with Crippen LogP contribution in [0, 0.1) is 0 Å². The maximum absolute atomic E-state index is 12.8. The molecule has 2 rings (SSSR count). The summed E-state index contributed by atoms with van der Waals surface area (Å²) in [5.41, 5.74) is 0.942. The van der Waals surface area contributed by atoms with Crippen LogP contribution in [0.2, 0.25) is 0 Å². The van der Waals surface area contributed by atoms with Crippen LogP contribution in [0.5, 0.6) is 0 Å². The Bertz CT molecular complexity index is 838. The molecule has 2 aromatic carbocycles. The molecule has 0 amide bonds. The summed E-state index contributed by atoms with van der Waals surface area (Å²) in [6, 6.07) is 15.9. The minimum absolute atomic E-state index is 0.190. The highest BCUT2D eigenvalue weighted by atomic mass is 79.9. The summed E-state index contributed by atoms with van der Waals surface area (Å²) in [5.74, 6) is -0.190. The number of halogens is 1. The van der Waals surface area contributed by atoms with Crippen LogP contribution in [0.3, 0.4) is 0 Å². The van der Waals surface area contributed by atoms with Crippen molar-refractivity contribution >= 4 is 31.9 Å². The van der Waals surface area contributed by atoms with Gasteiger partial charge in [-0.05, 0) is 42.7 Å². The van der Waals surface area contributed by atoms with Gasteiger partial charge in [-0.3, -0.25) is 4.79 Å². The lowest BCUT2D eigenvalue weighted by molar-refractivity contribution is -0.140. The molecule has 0 heterocycles. The second-order valence-corrected chi connectivity index (χ2v) is 9.20. The molecule has 0 radical (unpaired) electrons. The van der Waals surface area contributed by atoms with Crippen molar-refractivity contribution in [2.75, 3.05) is 7.11 Å². The first-order chi connectivity index (χ1) is 13.4. The maximum Gasteiger partial charge on any atom is 0.305 e. The number of methoxy groups -OCH3 is 1. The number of carbonyl (C=O) groups excluding carboxylic acids is 1. The molecule has 7 heteroatoms. The molecule has 0 fully saturated rings. The highest BCUT2D eigenvalue weighted by Gasteiger charge is 2.21. The van der Waals surface area contributed by atoms with Crippen LogP contribution in [-0.4, -0.2) is 21.5 Å². The van der Waals surface area contributed by atoms with E-state index in [1.807, 2.05) is 30.3 Å². The number of sulfonamides is 1. The van der Waals surface area contributed by atoms with Gasteiger partial charge in [0.2, 0.25) is 10.0 Å². The molecule has 5 nitrogen and oxygen atoms in total. The molecule has 28 heavy (non-hydrogen) atoms. The molecule has 1 atom stereocenters. The van der Waals surface area contributed by atoms with Gasteiger partial charge >= 0.3 is 5.97 Å². The molecule has 0 saturated heterocycles. The number of unbranched alkanes of at least 4 members (excludes halogenated alkanes) is 3. The van der Waals surface area contributed by atoms with Crippen LogP contribution in [0.4, 0.5) is 0 Å². The van der Waals surface area contributed by atoms with E-state index >= 15 is 0 Å². The Morgan fingerprint density at radius 3 is 2.29 bits per heavy atom. The fourth-order valence-electron chi connectivity index (χ4n) is 2.92. The van der Waals surface area contributed by atoms with Crippen LogP contribution in [0.25, 0.3) is 0 Å². The van der Waals surface area contributed by atoms with E-state index in [1.165, 1.54) is 7.11 Å². The molecule has 1 N–H and O–H groups in total. The second-order valence-electron chi connectivity index (χ2n) is 6.57. The van der Waals surface area contributed by atoms with Crippen LogP contribution in [0.1, 0.15) is 50.1 Å². The minimum Gasteiger partial charge on any atom is -0.469 e. The zero-order valence-corrected chi connectivity index (χ0v) is 18.3. The number of hydrogen-bond donors (Lipinski definition) is 1. The largest absolute Gasteiger partial charge is 0.469 e. The van der Waals surface area contributed by atoms with Crippen molar-refractivity contribution in [1.29, 1.82) is 0 Å². The molecule has 0 aliphatic rings. The van der Waals surface area contributed by atoms with E-state index in [0.29, 0.717) is 12.8 Å². The molecule has 0 aromatic heterocycles. The van der Waals surface area contributed by atoms with Gasteiger partial charge in [-0.1, -0.05) is 65.5 Å². The Kier molecular flexibility index (Phi) is 9.15. The standard InChI is InChI=1S/C21H26BrNO4S/c1-27-21(24)12-8-3-2-7-11-20(17-9-5-4-6-10-17)23-28(25,26)19-15-13-18(22)14-16-19/h4-6,9-10,13-16,20,23H,2-3,7-8,11-12H2,1H3. The summed E-state index contributed by atoms with van der Waals surface area (Å²) in [5, 5.41) is 0. The van der Waals surface area contributed by atoms with Gasteiger partial charge < -0.3 is 4.74 Å². The van der Waals surface area contributed by atoms with Crippen molar-refractivity contribution in [3.05, 3.63) is 64.6 Å². The zero-order chi connectivity index (χ0) is 20.4. The summed E-state index contributed by atoms with van der Waals surface area (Å²) in [6.07, 6.45) is 4.61. The molecular formula is C21H26BrNO4S. The van der Waals surface area contributed by atoms with Gasteiger partial charge in [0.15, 0.2) is 0 Å². The second kappa shape index (κ2) is 11.3. The molecule has 0 aliphatic heterocycles. The lowest BCUT2D eigenvalue weighted by atomic mass is 10.0. The molecular weight excluding hydrogens is 442 g/mol. The number of esters is 1. The van der Waals surface area contributed by atoms with E-state index in [2.05, 4.69) is 25.4 Å². The van der Waals surface area contributed by atoms with Crippen LogP contribution < -0.4 is 4.72 Å². The summed E-state index contributed by atoms with van der Waals surface area (Å²) < 4.78 is 33.9. The van der Waals surface area contributed by atoms with Crippen molar-refractivity contribution in [1.82, 2.24) is 4.72 Å². The summed E-state index contributed by atoms with van der Waals surface area (Å²) in [4.78, 5) is 11.4. The Hall–Kier alpha value is -1.70. The number of benzene rings is 2. The van der Waals surface area contributed by atoms with Crippen molar-refractivity contribution in [2.45, 2.75) is 49.5 Å². The maximum atomic E-state index is 12.8. The van der Waals surface area contributed by atoms with Gasteiger partial charge in [0.1, 0.15) is 0 Å². The first kappa shape index (κ1) is 22.6. The third-order valence-electron chi connectivity index (χ3n) is 4.47. The Labute approximate surface area is 175 Å². The third kappa shape index (κ3) is 7.37. The van der Waals surface area contributed by atoms with Crippen LogP contribution >= 0.6 is 15.9 Å². The summed E-state index contributed by atoms with van der Waals surface area (Å²) in [6.45, 7) is 0. The van der Waals surface area contributed by atoms with E-state index in [0.717, 1.165) is 35.7 Å². The van der Waals surface area contributed by atoms with Crippen molar-refractivity contribution < 1.29 is 17.9 Å². The SMILES string of the molecule is COC(=O)CCCCCCC(NS(=O)(=O)c1ccc(Br)cc1)c1ccccc1. The van der Waals surface area contributed by atoms with E-state index < -0.39 is 10.0 Å². The molecule has 2 aromatic rings. The fourth-order valence-corrected chi connectivity index (χ4v) is 4.44. The van der Waals surface area contributed by atoms with Crippen molar-refractivity contribution in [3.8, 4) is 0 Å². The first-order valence-electron chi connectivity index (χ1n) is 9.32. The van der Waals surface area contributed by atoms with Gasteiger partial charge in [-0.25, -0.2) is 13.1 Å². The Balaban J connectivity index is 1.98. The molecule has 152 valence electrons. The number of ether oxygens (including phenoxy) is 1. The zero-order valence-electron chi connectivity index (χ0n) is 15.9. The van der Waals surface area contributed by atoms with E-state index in [1.54, 1.807) is 24.3 Å². The lowest BCUT2D eigenvalue weighted by Gasteiger charge is -2.19. The monoisotopic (exact) mass is 467 g/mol. The van der Waals surface area contributed by atoms with E-state index in [-0.39, 0.29) is 16.9 Å². The third-order valence-corrected chi connectivity index (χ3v) is 6.49. The van der Waals surface area contributed by atoms with Crippen molar-refractivity contribution in [2.24, 2.45) is 0 Å². The van der Waals surface area contributed by atoms with Crippen molar-refractivity contribution in [3.63, 3.8) is 0 Å². The quantitative estimate of drug-likeness (QED) is 0.373. The van der Waals surface area contributed by atoms with Crippen LogP contribution in [-0.2, 0) is 19.6 Å². The van der Waals surface area contributed by atoms with Gasteiger partial charge in [-0.2, -0.15) is 0 Å². The van der Waals surface area contributed by atoms with Gasteiger partial charge in [0, 0.05) is 16.9 Å². The highest BCUT2D eigenvalue weighted by molar-refractivity contribution is 9.10. The van der Waals surface area contributed by atoms with E-state index in [4.69, 9.17) is 0 Å². The fraction of sp³-hybridized carbons (Fsp3) is 0.381. The number of nitrogens with one attached hydrogen (secondary N) is 1. The van der Waals surface area contributed by atoms with Crippen LogP contribution in [0.15, 0.2) is 64.0 Å². The number of carbonyl (C=O) groups is 1. The number of rotatable bonds is 11. The minimum atomic E-state index is -3.62. The average molecular weight is 468 g/mol. The molecule has 0 spiro atoms. The molecule has 0 aliphatic carbocycles. The highest BCUT2D eigenvalue weighted by Crippen LogP contribution is 2.24. The smallest absolute Gasteiger partial charge is 0.305 e. The van der Waals surface area contributed by atoms with E-state index in [9.17, 15) is 13.2 Å². The summed E-state index contributed by atoms with van der Waals surface area (Å²) >= 11 is 3.32. The van der Waals surface area contributed by atoms with Gasteiger partial charge in [-0.15, -0.1) is 0 Å². The van der Waals surface area contributed by atoms with Gasteiger partial charge in [0.25, 0.3) is 0 Å². The normalized spacial score (nSPS) is 12.5. The first-order valence-corrected chi connectivity index (χ1v) is 11.6. The Morgan fingerprint density at radius 2 is 1.64 bits per heavy atom. The molecule has 1 unspecified atom stereocenters. The predicted octanol–water partition coefficient (Wildman–Crippen LogP) is 4.98. The predicted molar refractivity (Wildman–Crippen MR) is 113 cm³/mol. The van der Waals surface area contributed by atoms with Gasteiger partial charge in [0.05, 0.1) is 12.0 Å². The molecule has 0 bridgehead atoms. The Morgan fingerprint density at radius 1 is 1.00 bits per heavy atom. The topological polar surface area (TPSA) is 72.5 Å². The average Bonchev–Trinajstić information content (AvgIpc) is 2.70.